The van der Waals surface area contributed by atoms with Gasteiger partial charge < -0.3 is 9.64 Å². The molecular weight excluding hydrogens is 390 g/mol. The molecule has 0 spiro atoms. The number of rotatable bonds is 6. The fourth-order valence-electron chi connectivity index (χ4n) is 3.80. The van der Waals surface area contributed by atoms with Crippen LogP contribution in [0.3, 0.4) is 0 Å². The van der Waals surface area contributed by atoms with Crippen LogP contribution >= 0.6 is 11.3 Å². The number of thiophene rings is 1. The molecule has 0 aromatic carbocycles. The largest absolute Gasteiger partial charge is 0.469 e. The standard InChI is InChI=1S/C21H29N3O4S/c1-13(2)12-23(11-9-16(25)28-4)21(27)18-14(3)17-19(29-18)22-15-8-6-5-7-10-24(15)20(17)26/h13H,5-12H2,1-4H3. The van der Waals surface area contributed by atoms with Gasteiger partial charge in [0.25, 0.3) is 11.5 Å². The van der Waals surface area contributed by atoms with Crippen LogP contribution in [0.15, 0.2) is 4.79 Å². The highest BCUT2D eigenvalue weighted by atomic mass is 32.1. The van der Waals surface area contributed by atoms with Gasteiger partial charge in [-0.2, -0.15) is 0 Å². The molecule has 0 atom stereocenters. The Morgan fingerprint density at radius 1 is 1.28 bits per heavy atom. The number of fused-ring (bicyclic) bond motifs is 2. The van der Waals surface area contributed by atoms with Crippen LogP contribution in [0.25, 0.3) is 10.2 Å². The highest BCUT2D eigenvalue weighted by Crippen LogP contribution is 2.29. The number of esters is 1. The number of amides is 1. The van der Waals surface area contributed by atoms with Gasteiger partial charge in [-0.1, -0.05) is 20.3 Å². The van der Waals surface area contributed by atoms with E-state index in [1.54, 1.807) is 9.47 Å². The fourth-order valence-corrected chi connectivity index (χ4v) is 4.96. The monoisotopic (exact) mass is 419 g/mol. The molecule has 0 radical (unpaired) electrons. The summed E-state index contributed by atoms with van der Waals surface area (Å²) < 4.78 is 6.50. The molecule has 3 heterocycles. The van der Waals surface area contributed by atoms with Gasteiger partial charge in [-0.25, -0.2) is 4.98 Å². The first-order valence-corrected chi connectivity index (χ1v) is 11.0. The number of methoxy groups -OCH3 is 1. The van der Waals surface area contributed by atoms with Gasteiger partial charge in [-0.05, 0) is 31.2 Å². The lowest BCUT2D eigenvalue weighted by molar-refractivity contribution is -0.140. The van der Waals surface area contributed by atoms with Gasteiger partial charge >= 0.3 is 5.97 Å². The van der Waals surface area contributed by atoms with E-state index in [1.807, 2.05) is 20.8 Å². The lowest BCUT2D eigenvalue weighted by Gasteiger charge is -2.24. The van der Waals surface area contributed by atoms with E-state index in [2.05, 4.69) is 0 Å². The SMILES string of the molecule is COC(=O)CCN(CC(C)C)C(=O)c1sc2nc3n(c(=O)c2c1C)CCCCC3. The van der Waals surface area contributed by atoms with Gasteiger partial charge in [0.1, 0.15) is 10.7 Å². The van der Waals surface area contributed by atoms with Crippen molar-refractivity contribution in [3.63, 3.8) is 0 Å². The van der Waals surface area contributed by atoms with E-state index in [-0.39, 0.29) is 29.8 Å². The Labute approximate surface area is 174 Å². The van der Waals surface area contributed by atoms with Crippen molar-refractivity contribution in [1.82, 2.24) is 14.5 Å². The van der Waals surface area contributed by atoms with Crippen LogP contribution in [0.1, 0.15) is 60.6 Å². The molecule has 0 N–H and O–H groups in total. The summed E-state index contributed by atoms with van der Waals surface area (Å²) in [6.45, 7) is 7.40. The molecular formula is C21H29N3O4S. The van der Waals surface area contributed by atoms with Crippen LogP contribution in [-0.4, -0.2) is 46.5 Å². The molecule has 7 nitrogen and oxygen atoms in total. The van der Waals surface area contributed by atoms with Crippen molar-refractivity contribution < 1.29 is 14.3 Å². The van der Waals surface area contributed by atoms with E-state index in [4.69, 9.17) is 9.72 Å². The molecule has 1 aliphatic rings. The number of hydrogen-bond acceptors (Lipinski definition) is 6. The predicted octanol–water partition coefficient (Wildman–Crippen LogP) is 3.15. The van der Waals surface area contributed by atoms with Gasteiger partial charge in [0.2, 0.25) is 0 Å². The van der Waals surface area contributed by atoms with Crippen LogP contribution < -0.4 is 5.56 Å². The van der Waals surface area contributed by atoms with Crippen molar-refractivity contribution in [2.45, 2.75) is 59.4 Å². The summed E-state index contributed by atoms with van der Waals surface area (Å²) in [6, 6.07) is 0. The molecule has 0 saturated carbocycles. The first kappa shape index (κ1) is 21.5. The maximum Gasteiger partial charge on any atom is 0.307 e. The predicted molar refractivity (Wildman–Crippen MR) is 114 cm³/mol. The van der Waals surface area contributed by atoms with Crippen molar-refractivity contribution in [3.8, 4) is 0 Å². The number of carbonyl (C=O) groups excluding carboxylic acids is 2. The summed E-state index contributed by atoms with van der Waals surface area (Å²) in [4.78, 5) is 45.6. The Hall–Kier alpha value is -2.22. The topological polar surface area (TPSA) is 81.5 Å². The second-order valence-electron chi connectivity index (χ2n) is 8.00. The normalized spacial score (nSPS) is 14.0. The van der Waals surface area contributed by atoms with E-state index in [9.17, 15) is 14.4 Å². The van der Waals surface area contributed by atoms with E-state index in [1.165, 1.54) is 18.4 Å². The van der Waals surface area contributed by atoms with Gasteiger partial charge in [0.05, 0.1) is 23.8 Å². The molecule has 0 aliphatic carbocycles. The molecule has 1 aliphatic heterocycles. The number of carbonyl (C=O) groups is 2. The second-order valence-corrected chi connectivity index (χ2v) is 9.00. The third-order valence-corrected chi connectivity index (χ3v) is 6.47. The maximum atomic E-state index is 13.3. The quantitative estimate of drug-likeness (QED) is 0.672. The molecule has 0 fully saturated rings. The van der Waals surface area contributed by atoms with E-state index < -0.39 is 0 Å². The minimum atomic E-state index is -0.344. The number of nitrogens with zero attached hydrogens (tertiary/aromatic N) is 3. The van der Waals surface area contributed by atoms with E-state index in [0.29, 0.717) is 40.3 Å². The van der Waals surface area contributed by atoms with E-state index >= 15 is 0 Å². The average molecular weight is 420 g/mol. The minimum Gasteiger partial charge on any atom is -0.469 e. The minimum absolute atomic E-state index is 0.0373. The van der Waals surface area contributed by atoms with Gasteiger partial charge in [0.15, 0.2) is 0 Å². The summed E-state index contributed by atoms with van der Waals surface area (Å²) in [5.41, 5.74) is 0.656. The van der Waals surface area contributed by atoms with Gasteiger partial charge in [-0.15, -0.1) is 11.3 Å². The van der Waals surface area contributed by atoms with Crippen LogP contribution in [0.5, 0.6) is 0 Å². The van der Waals surface area contributed by atoms with Crippen molar-refractivity contribution in [3.05, 3.63) is 26.6 Å². The number of aromatic nitrogens is 2. The number of hydrogen-bond donors (Lipinski definition) is 0. The Balaban J connectivity index is 2.00. The molecule has 2 aromatic rings. The molecule has 29 heavy (non-hydrogen) atoms. The van der Waals surface area contributed by atoms with E-state index in [0.717, 1.165) is 31.5 Å². The Kier molecular flexibility index (Phi) is 6.72. The summed E-state index contributed by atoms with van der Waals surface area (Å²) in [5, 5.41) is 0.557. The Morgan fingerprint density at radius 3 is 2.72 bits per heavy atom. The molecule has 8 heteroatoms. The zero-order valence-corrected chi connectivity index (χ0v) is 18.4. The fraction of sp³-hybridized carbons (Fsp3) is 0.619. The zero-order valence-electron chi connectivity index (χ0n) is 17.6. The average Bonchev–Trinajstić information content (AvgIpc) is 2.86. The smallest absolute Gasteiger partial charge is 0.307 e. The molecule has 3 rings (SSSR count). The van der Waals surface area contributed by atoms with Crippen molar-refractivity contribution in [2.24, 2.45) is 5.92 Å². The summed E-state index contributed by atoms with van der Waals surface area (Å²) in [7, 11) is 1.34. The third-order valence-electron chi connectivity index (χ3n) is 5.29. The molecule has 1 amide bonds. The molecule has 2 aromatic heterocycles. The van der Waals surface area contributed by atoms with Crippen molar-refractivity contribution in [1.29, 1.82) is 0 Å². The van der Waals surface area contributed by atoms with Crippen LogP contribution in [0, 0.1) is 12.8 Å². The highest BCUT2D eigenvalue weighted by Gasteiger charge is 2.26. The first-order valence-electron chi connectivity index (χ1n) is 10.2. The Morgan fingerprint density at radius 2 is 2.03 bits per heavy atom. The number of ether oxygens (including phenoxy) is 1. The molecule has 0 saturated heterocycles. The van der Waals surface area contributed by atoms with Crippen LogP contribution in [-0.2, 0) is 22.5 Å². The summed E-state index contributed by atoms with van der Waals surface area (Å²) in [5.74, 6) is 0.585. The number of aryl methyl sites for hydroxylation is 2. The summed E-state index contributed by atoms with van der Waals surface area (Å²) >= 11 is 1.29. The van der Waals surface area contributed by atoms with Crippen LogP contribution in [0.2, 0.25) is 0 Å². The lowest BCUT2D eigenvalue weighted by Crippen LogP contribution is -2.36. The zero-order chi connectivity index (χ0) is 21.1. The maximum absolute atomic E-state index is 13.3. The second kappa shape index (κ2) is 9.07. The van der Waals surface area contributed by atoms with Crippen LogP contribution in [0.4, 0.5) is 0 Å². The lowest BCUT2D eigenvalue weighted by atomic mass is 10.1. The van der Waals surface area contributed by atoms with Crippen molar-refractivity contribution >= 4 is 33.4 Å². The highest BCUT2D eigenvalue weighted by molar-refractivity contribution is 7.20. The first-order chi connectivity index (χ1) is 13.8. The van der Waals surface area contributed by atoms with Gasteiger partial charge in [0, 0.05) is 26.1 Å². The van der Waals surface area contributed by atoms with Crippen molar-refractivity contribution in [2.75, 3.05) is 20.2 Å². The molecule has 0 bridgehead atoms. The molecule has 158 valence electrons. The third kappa shape index (κ3) is 4.52. The Bertz CT molecular complexity index is 976. The summed E-state index contributed by atoms with van der Waals surface area (Å²) in [6.07, 6.45) is 4.05. The van der Waals surface area contributed by atoms with Gasteiger partial charge in [-0.3, -0.25) is 19.0 Å². The molecule has 0 unspecified atom stereocenters.